The number of carbonyl (C=O) groups is 1. The number of likely N-dealkylation sites (N-methyl/N-ethyl adjacent to an activating group) is 2. The van der Waals surface area contributed by atoms with Gasteiger partial charge in [0.2, 0.25) is 0 Å². The molecule has 0 unspecified atom stereocenters. The van der Waals surface area contributed by atoms with Crippen molar-refractivity contribution in [3.63, 3.8) is 0 Å². The highest BCUT2D eigenvalue weighted by molar-refractivity contribution is 5.70. The van der Waals surface area contributed by atoms with E-state index in [-0.39, 0.29) is 53.9 Å². The van der Waals surface area contributed by atoms with Crippen LogP contribution in [0.5, 0.6) is 0 Å². The van der Waals surface area contributed by atoms with Gasteiger partial charge >= 0.3 is 5.97 Å². The largest absolute Gasteiger partial charge is 1.00 e. The Bertz CT molecular complexity index is 291. The molecule has 0 aromatic carbocycles. The average Bonchev–Trinajstić information content (AvgIpc) is 2.38. The SMILES string of the molecule is CC[N+](C)(CC)CCOC(=O)C[N+]1(C)CCCCC1.[I-].[I-]. The normalized spacial score (nSPS) is 17.3. The molecule has 1 rings (SSSR count). The molecule has 0 radical (unpaired) electrons. The third-order valence-corrected chi connectivity index (χ3v) is 4.83. The van der Waals surface area contributed by atoms with Crippen LogP contribution in [0.3, 0.4) is 0 Å². The Hall–Kier alpha value is 0.850. The molecule has 0 atom stereocenters. The second-order valence-corrected chi connectivity index (χ2v) is 6.48. The van der Waals surface area contributed by atoms with E-state index in [1.807, 2.05) is 0 Å². The minimum atomic E-state index is -0.0249. The molecule has 0 spiro atoms. The molecule has 128 valence electrons. The van der Waals surface area contributed by atoms with Crippen LogP contribution in [0.15, 0.2) is 0 Å². The van der Waals surface area contributed by atoms with Crippen molar-refractivity contribution in [1.82, 2.24) is 0 Å². The molecule has 1 aliphatic rings. The number of nitrogens with zero attached hydrogens (tertiary/aromatic N) is 2. The van der Waals surface area contributed by atoms with Crippen molar-refractivity contribution in [2.45, 2.75) is 33.1 Å². The highest BCUT2D eigenvalue weighted by Crippen LogP contribution is 2.15. The Morgan fingerprint density at radius 1 is 1.10 bits per heavy atom. The summed E-state index contributed by atoms with van der Waals surface area (Å²) in [5, 5.41) is 0. The fourth-order valence-electron chi connectivity index (χ4n) is 2.71. The smallest absolute Gasteiger partial charge is 0.361 e. The van der Waals surface area contributed by atoms with Crippen molar-refractivity contribution >= 4 is 5.97 Å². The summed E-state index contributed by atoms with van der Waals surface area (Å²) in [7, 11) is 4.39. The van der Waals surface area contributed by atoms with Crippen LogP contribution in [-0.4, -0.2) is 74.9 Å². The number of piperidine rings is 1. The molecule has 6 heteroatoms. The predicted octanol–water partition coefficient (Wildman–Crippen LogP) is -4.35. The van der Waals surface area contributed by atoms with Crippen LogP contribution in [0.2, 0.25) is 0 Å². The summed E-state index contributed by atoms with van der Waals surface area (Å²) in [6.07, 6.45) is 3.79. The van der Waals surface area contributed by atoms with E-state index in [4.69, 9.17) is 4.74 Å². The van der Waals surface area contributed by atoms with Gasteiger partial charge in [0.05, 0.1) is 40.3 Å². The number of quaternary nitrogens is 2. The minimum Gasteiger partial charge on any atom is -1.00 e. The molecule has 0 bridgehead atoms. The standard InChI is InChI=1S/C15H32N2O2.2HI/c1-5-16(3,6-2)12-13-19-15(18)14-17(4)10-8-7-9-11-17;;/h5-14H2,1-4H3;2*1H/q+2;;/p-2. The summed E-state index contributed by atoms with van der Waals surface area (Å²) in [6, 6.07) is 0. The summed E-state index contributed by atoms with van der Waals surface area (Å²) >= 11 is 0. The number of rotatable bonds is 7. The lowest BCUT2D eigenvalue weighted by atomic mass is 10.1. The summed E-state index contributed by atoms with van der Waals surface area (Å²) < 4.78 is 7.28. The van der Waals surface area contributed by atoms with Crippen LogP contribution in [0.1, 0.15) is 33.1 Å². The molecule has 21 heavy (non-hydrogen) atoms. The number of halogens is 2. The molecule has 0 aliphatic carbocycles. The van der Waals surface area contributed by atoms with Gasteiger partial charge in [0.25, 0.3) is 0 Å². The Balaban J connectivity index is 0. The molecule has 0 N–H and O–H groups in total. The number of carbonyl (C=O) groups excluding carboxylic acids is 1. The molecule has 0 aromatic heterocycles. The zero-order chi connectivity index (χ0) is 14.4. The molecule has 0 saturated carbocycles. The fourth-order valence-corrected chi connectivity index (χ4v) is 2.71. The summed E-state index contributed by atoms with van der Waals surface area (Å²) in [5.74, 6) is -0.0249. The predicted molar refractivity (Wildman–Crippen MR) is 77.7 cm³/mol. The first-order valence-corrected chi connectivity index (χ1v) is 7.76. The molecule has 1 fully saturated rings. The molecule has 4 nitrogen and oxygen atoms in total. The fraction of sp³-hybridized carbons (Fsp3) is 0.933. The van der Waals surface area contributed by atoms with Gasteiger partial charge in [0, 0.05) is 0 Å². The van der Waals surface area contributed by atoms with Crippen molar-refractivity contribution in [3.05, 3.63) is 0 Å². The van der Waals surface area contributed by atoms with E-state index < -0.39 is 0 Å². The first-order valence-electron chi connectivity index (χ1n) is 7.76. The van der Waals surface area contributed by atoms with E-state index in [0.29, 0.717) is 13.2 Å². The monoisotopic (exact) mass is 526 g/mol. The third-order valence-electron chi connectivity index (χ3n) is 4.83. The van der Waals surface area contributed by atoms with Crippen LogP contribution in [-0.2, 0) is 9.53 Å². The van der Waals surface area contributed by atoms with Crippen molar-refractivity contribution < 1.29 is 66.5 Å². The molecule has 0 aromatic rings. The summed E-state index contributed by atoms with van der Waals surface area (Å²) in [6.45, 7) is 10.8. The van der Waals surface area contributed by atoms with Crippen molar-refractivity contribution in [1.29, 1.82) is 0 Å². The minimum absolute atomic E-state index is 0. The van der Waals surface area contributed by atoms with Gasteiger partial charge in [-0.25, -0.2) is 4.79 Å². The van der Waals surface area contributed by atoms with Crippen LogP contribution in [0, 0.1) is 0 Å². The second-order valence-electron chi connectivity index (χ2n) is 6.48. The van der Waals surface area contributed by atoms with Crippen molar-refractivity contribution in [3.8, 4) is 0 Å². The van der Waals surface area contributed by atoms with Gasteiger partial charge in [0.1, 0.15) is 13.2 Å². The van der Waals surface area contributed by atoms with Crippen molar-refractivity contribution in [2.75, 3.05) is 60.0 Å². The lowest BCUT2D eigenvalue weighted by molar-refractivity contribution is -0.908. The van der Waals surface area contributed by atoms with Crippen LogP contribution >= 0.6 is 0 Å². The summed E-state index contributed by atoms with van der Waals surface area (Å²) in [4.78, 5) is 11.9. The number of hydrogen-bond donors (Lipinski definition) is 0. The van der Waals surface area contributed by atoms with Gasteiger partial charge in [-0.1, -0.05) is 0 Å². The number of likely N-dealkylation sites (tertiary alicyclic amines) is 1. The van der Waals surface area contributed by atoms with Gasteiger partial charge in [0.15, 0.2) is 6.54 Å². The average molecular weight is 526 g/mol. The Morgan fingerprint density at radius 3 is 2.10 bits per heavy atom. The Labute approximate surface area is 164 Å². The van der Waals surface area contributed by atoms with E-state index in [0.717, 1.165) is 41.7 Å². The molecule has 1 aliphatic heterocycles. The van der Waals surface area contributed by atoms with Crippen LogP contribution in [0.4, 0.5) is 0 Å². The van der Waals surface area contributed by atoms with Gasteiger partial charge in [-0.15, -0.1) is 0 Å². The maximum Gasteiger partial charge on any atom is 0.361 e. The van der Waals surface area contributed by atoms with E-state index in [2.05, 4.69) is 27.9 Å². The Morgan fingerprint density at radius 2 is 1.62 bits per heavy atom. The van der Waals surface area contributed by atoms with E-state index >= 15 is 0 Å². The molecule has 1 saturated heterocycles. The van der Waals surface area contributed by atoms with Crippen LogP contribution in [0.25, 0.3) is 0 Å². The first-order chi connectivity index (χ1) is 8.93. The van der Waals surface area contributed by atoms with Gasteiger partial charge in [-0.05, 0) is 33.1 Å². The van der Waals surface area contributed by atoms with Crippen molar-refractivity contribution in [2.24, 2.45) is 0 Å². The summed E-state index contributed by atoms with van der Waals surface area (Å²) in [5.41, 5.74) is 0. The number of esters is 1. The third kappa shape index (κ3) is 8.90. The molecular weight excluding hydrogens is 494 g/mol. The zero-order valence-corrected chi connectivity index (χ0v) is 18.4. The second kappa shape index (κ2) is 11.4. The maximum absolute atomic E-state index is 11.9. The maximum atomic E-state index is 11.9. The molecule has 1 heterocycles. The van der Waals surface area contributed by atoms with E-state index in [1.54, 1.807) is 0 Å². The molecular formula is C15H32I2N2O2. The Kier molecular flexibility index (Phi) is 13.1. The number of ether oxygens (including phenoxy) is 1. The van der Waals surface area contributed by atoms with Crippen LogP contribution < -0.4 is 48.0 Å². The first kappa shape index (κ1) is 24.1. The van der Waals surface area contributed by atoms with E-state index in [1.165, 1.54) is 19.3 Å². The van der Waals surface area contributed by atoms with E-state index in [9.17, 15) is 4.79 Å². The highest BCUT2D eigenvalue weighted by Gasteiger charge is 2.28. The highest BCUT2D eigenvalue weighted by atomic mass is 127. The number of hydrogen-bond acceptors (Lipinski definition) is 2. The zero-order valence-electron chi connectivity index (χ0n) is 14.0. The lowest BCUT2D eigenvalue weighted by Gasteiger charge is -2.36. The van der Waals surface area contributed by atoms with Gasteiger partial charge < -0.3 is 61.7 Å². The van der Waals surface area contributed by atoms with Gasteiger partial charge in [-0.3, -0.25) is 0 Å². The van der Waals surface area contributed by atoms with Gasteiger partial charge in [-0.2, -0.15) is 0 Å². The lowest BCUT2D eigenvalue weighted by Crippen LogP contribution is -3.00. The molecule has 0 amide bonds. The topological polar surface area (TPSA) is 26.3 Å². The quantitative estimate of drug-likeness (QED) is 0.191.